The van der Waals surface area contributed by atoms with Crippen LogP contribution in [0.3, 0.4) is 0 Å². The van der Waals surface area contributed by atoms with E-state index in [-0.39, 0.29) is 16.1 Å². The predicted molar refractivity (Wildman–Crippen MR) is 126 cm³/mol. The summed E-state index contributed by atoms with van der Waals surface area (Å²) in [5.41, 5.74) is 1.74. The molecule has 0 radical (unpaired) electrons. The Kier molecular flexibility index (Phi) is 6.06. The number of para-hydroxylation sites is 1. The zero-order valence-corrected chi connectivity index (χ0v) is 18.6. The molecule has 8 nitrogen and oxygen atoms in total. The minimum Gasteiger partial charge on any atom is -0.348 e. The molecule has 1 heterocycles. The van der Waals surface area contributed by atoms with Gasteiger partial charge in [0.25, 0.3) is 15.9 Å². The van der Waals surface area contributed by atoms with E-state index >= 15 is 0 Å². The molecule has 1 amide bonds. The number of aromatic nitrogens is 2. The summed E-state index contributed by atoms with van der Waals surface area (Å²) in [5.74, 6) is -0.400. The summed E-state index contributed by atoms with van der Waals surface area (Å²) >= 11 is 1.63. The molecular weight excluding hydrogens is 448 g/mol. The fourth-order valence-corrected chi connectivity index (χ4v) is 4.69. The summed E-state index contributed by atoms with van der Waals surface area (Å²) in [6, 6.07) is 18.4. The van der Waals surface area contributed by atoms with Crippen molar-refractivity contribution in [2.75, 3.05) is 11.0 Å². The topological polar surface area (TPSA) is 124 Å². The van der Waals surface area contributed by atoms with Gasteiger partial charge in [-0.05, 0) is 54.3 Å². The van der Waals surface area contributed by atoms with E-state index in [1.807, 2.05) is 30.5 Å². The number of H-pyrrole nitrogens is 2. The van der Waals surface area contributed by atoms with Crippen LogP contribution in [0.5, 0.6) is 0 Å². The number of fused-ring (bicyclic) bond motifs is 1. The number of hydrogen-bond donors (Lipinski definition) is 4. The Morgan fingerprint density at radius 2 is 1.69 bits per heavy atom. The standard InChI is InChI=1S/C22H20N4O4S2/c1-31-15-8-6-14(7-9-15)13-23-21(27)17-4-2-3-5-18(17)26-32(29,30)16-10-11-19-20(12-16)25-22(28)24-19/h2-12,26H,13H2,1H3,(H,23,27)(H2,24,25,28). The molecule has 0 unspecified atom stereocenters. The van der Waals surface area contributed by atoms with Gasteiger partial charge in [0.1, 0.15) is 0 Å². The molecule has 3 aromatic carbocycles. The second-order valence-electron chi connectivity index (χ2n) is 6.97. The molecule has 10 heteroatoms. The monoisotopic (exact) mass is 468 g/mol. The van der Waals surface area contributed by atoms with Gasteiger partial charge in [-0.1, -0.05) is 24.3 Å². The van der Waals surface area contributed by atoms with Crippen LogP contribution in [0.25, 0.3) is 11.0 Å². The van der Waals surface area contributed by atoms with Crippen LogP contribution < -0.4 is 15.7 Å². The van der Waals surface area contributed by atoms with Crippen LogP contribution in [0.1, 0.15) is 15.9 Å². The summed E-state index contributed by atoms with van der Waals surface area (Å²) in [6.07, 6.45) is 1.99. The number of sulfonamides is 1. The molecule has 0 saturated carbocycles. The molecule has 4 N–H and O–H groups in total. The van der Waals surface area contributed by atoms with Gasteiger partial charge >= 0.3 is 5.69 Å². The molecule has 164 valence electrons. The first-order chi connectivity index (χ1) is 15.4. The largest absolute Gasteiger partial charge is 0.348 e. The molecule has 4 rings (SSSR count). The van der Waals surface area contributed by atoms with E-state index in [4.69, 9.17) is 0 Å². The Labute approximate surface area is 188 Å². The Morgan fingerprint density at radius 3 is 2.44 bits per heavy atom. The van der Waals surface area contributed by atoms with Crippen LogP contribution in [0.2, 0.25) is 0 Å². The van der Waals surface area contributed by atoms with Crippen LogP contribution in [0.15, 0.2) is 81.3 Å². The average Bonchev–Trinajstić information content (AvgIpc) is 3.17. The highest BCUT2D eigenvalue weighted by Crippen LogP contribution is 2.22. The maximum Gasteiger partial charge on any atom is 0.323 e. The first-order valence-corrected chi connectivity index (χ1v) is 12.3. The number of rotatable bonds is 7. The van der Waals surface area contributed by atoms with Crippen molar-refractivity contribution < 1.29 is 13.2 Å². The summed E-state index contributed by atoms with van der Waals surface area (Å²) in [4.78, 5) is 30.4. The van der Waals surface area contributed by atoms with Gasteiger partial charge in [0.05, 0.1) is 27.2 Å². The van der Waals surface area contributed by atoms with Crippen molar-refractivity contribution in [2.24, 2.45) is 0 Å². The lowest BCUT2D eigenvalue weighted by molar-refractivity contribution is 0.0952. The van der Waals surface area contributed by atoms with Crippen LogP contribution in [0.4, 0.5) is 5.69 Å². The molecular formula is C22H20N4O4S2. The smallest absolute Gasteiger partial charge is 0.323 e. The number of hydrogen-bond acceptors (Lipinski definition) is 5. The van der Waals surface area contributed by atoms with Gasteiger partial charge in [-0.25, -0.2) is 13.2 Å². The van der Waals surface area contributed by atoms with E-state index in [0.717, 1.165) is 10.5 Å². The fourth-order valence-electron chi connectivity index (χ4n) is 3.17. The second kappa shape index (κ2) is 8.93. The zero-order valence-electron chi connectivity index (χ0n) is 17.0. The van der Waals surface area contributed by atoms with E-state index in [1.54, 1.807) is 30.0 Å². The number of benzene rings is 3. The first kappa shape index (κ1) is 21.7. The number of carbonyl (C=O) groups is 1. The van der Waals surface area contributed by atoms with Crippen molar-refractivity contribution in [2.45, 2.75) is 16.3 Å². The minimum atomic E-state index is -3.99. The van der Waals surface area contributed by atoms with Crippen LogP contribution >= 0.6 is 11.8 Å². The highest BCUT2D eigenvalue weighted by molar-refractivity contribution is 7.98. The van der Waals surface area contributed by atoms with Crippen LogP contribution in [-0.2, 0) is 16.6 Å². The molecule has 0 aliphatic heterocycles. The van der Waals surface area contributed by atoms with Gasteiger partial charge in [-0.2, -0.15) is 0 Å². The van der Waals surface area contributed by atoms with E-state index in [0.29, 0.717) is 17.6 Å². The molecule has 4 aromatic rings. The average molecular weight is 469 g/mol. The molecule has 0 aliphatic rings. The predicted octanol–water partition coefficient (Wildman–Crippen LogP) is 3.31. The number of aromatic amines is 2. The van der Waals surface area contributed by atoms with Crippen molar-refractivity contribution in [1.82, 2.24) is 15.3 Å². The lowest BCUT2D eigenvalue weighted by Crippen LogP contribution is -2.25. The third kappa shape index (κ3) is 4.71. The maximum atomic E-state index is 12.9. The lowest BCUT2D eigenvalue weighted by atomic mass is 10.1. The summed E-state index contributed by atoms with van der Waals surface area (Å²) in [6.45, 7) is 0.312. The Bertz CT molecular complexity index is 1440. The quantitative estimate of drug-likeness (QED) is 0.310. The molecule has 32 heavy (non-hydrogen) atoms. The number of imidazole rings is 1. The number of anilines is 1. The molecule has 0 saturated heterocycles. The summed E-state index contributed by atoms with van der Waals surface area (Å²) in [7, 11) is -3.99. The van der Waals surface area contributed by atoms with E-state index in [1.165, 1.54) is 24.3 Å². The van der Waals surface area contributed by atoms with E-state index in [9.17, 15) is 18.0 Å². The molecule has 0 spiro atoms. The Balaban J connectivity index is 1.53. The van der Waals surface area contributed by atoms with Gasteiger partial charge in [-0.15, -0.1) is 11.8 Å². The van der Waals surface area contributed by atoms with Gasteiger partial charge in [-0.3, -0.25) is 9.52 Å². The Hall–Kier alpha value is -3.50. The normalized spacial score (nSPS) is 11.4. The SMILES string of the molecule is CSc1ccc(CNC(=O)c2ccccc2NS(=O)(=O)c2ccc3[nH]c(=O)[nH]c3c2)cc1. The third-order valence-corrected chi connectivity index (χ3v) is 6.93. The van der Waals surface area contributed by atoms with Crippen molar-refractivity contribution in [3.63, 3.8) is 0 Å². The molecule has 1 aromatic heterocycles. The molecule has 0 bridgehead atoms. The molecule has 0 fully saturated rings. The van der Waals surface area contributed by atoms with Gasteiger partial charge < -0.3 is 15.3 Å². The Morgan fingerprint density at radius 1 is 0.969 bits per heavy atom. The summed E-state index contributed by atoms with van der Waals surface area (Å²) in [5, 5.41) is 2.82. The fraction of sp³-hybridized carbons (Fsp3) is 0.0909. The van der Waals surface area contributed by atoms with Crippen molar-refractivity contribution in [3.8, 4) is 0 Å². The van der Waals surface area contributed by atoms with Crippen molar-refractivity contribution in [3.05, 3.63) is 88.3 Å². The van der Waals surface area contributed by atoms with Gasteiger partial charge in [0, 0.05) is 11.4 Å². The van der Waals surface area contributed by atoms with Crippen molar-refractivity contribution in [1.29, 1.82) is 0 Å². The highest BCUT2D eigenvalue weighted by atomic mass is 32.2. The van der Waals surface area contributed by atoms with Crippen molar-refractivity contribution >= 4 is 44.4 Å². The highest BCUT2D eigenvalue weighted by Gasteiger charge is 2.19. The van der Waals surface area contributed by atoms with E-state index in [2.05, 4.69) is 20.0 Å². The zero-order chi connectivity index (χ0) is 22.7. The van der Waals surface area contributed by atoms with E-state index < -0.39 is 21.6 Å². The second-order valence-corrected chi connectivity index (χ2v) is 9.53. The van der Waals surface area contributed by atoms with Crippen LogP contribution in [-0.4, -0.2) is 30.5 Å². The molecule has 0 aliphatic carbocycles. The number of thioether (sulfide) groups is 1. The lowest BCUT2D eigenvalue weighted by Gasteiger charge is -2.13. The summed E-state index contributed by atoms with van der Waals surface area (Å²) < 4.78 is 28.3. The number of nitrogens with one attached hydrogen (secondary N) is 4. The first-order valence-electron chi connectivity index (χ1n) is 9.61. The number of amides is 1. The number of carbonyl (C=O) groups excluding carboxylic acids is 1. The van der Waals surface area contributed by atoms with Gasteiger partial charge in [0.15, 0.2) is 0 Å². The van der Waals surface area contributed by atoms with Gasteiger partial charge in [0.2, 0.25) is 0 Å². The minimum absolute atomic E-state index is 0.0376. The third-order valence-electron chi connectivity index (χ3n) is 4.83. The molecule has 0 atom stereocenters. The van der Waals surface area contributed by atoms with Crippen LogP contribution in [0, 0.1) is 0 Å². The maximum absolute atomic E-state index is 12.9.